The number of ether oxygens (including phenoxy) is 1. The van der Waals surface area contributed by atoms with Crippen molar-refractivity contribution in [3.8, 4) is 5.75 Å². The van der Waals surface area contributed by atoms with Crippen LogP contribution in [0, 0.1) is 0 Å². The molecule has 2 rings (SSSR count). The third kappa shape index (κ3) is 3.16. The number of carbonyl (C=O) groups is 1. The number of hydrogen-bond donors (Lipinski definition) is 1. The Balaban J connectivity index is 2.01. The third-order valence-electron chi connectivity index (χ3n) is 2.83. The van der Waals surface area contributed by atoms with Crippen LogP contribution >= 0.6 is 11.8 Å². The van der Waals surface area contributed by atoms with E-state index < -0.39 is 0 Å². The molecule has 0 aromatic heterocycles. The first-order valence-corrected chi connectivity index (χ1v) is 7.20. The Hall–Kier alpha value is -1.16. The highest BCUT2D eigenvalue weighted by molar-refractivity contribution is 7.98. The summed E-state index contributed by atoms with van der Waals surface area (Å²) in [6.07, 6.45) is 3.44. The van der Waals surface area contributed by atoms with Crippen molar-refractivity contribution in [1.82, 2.24) is 5.32 Å². The Morgan fingerprint density at radius 1 is 1.53 bits per heavy atom. The Kier molecular flexibility index (Phi) is 4.31. The summed E-state index contributed by atoms with van der Waals surface area (Å²) in [5.41, 5.74) is 1.09. The van der Waals surface area contributed by atoms with Gasteiger partial charge in [0.15, 0.2) is 0 Å². The molecule has 0 fully saturated rings. The third-order valence-corrected chi connectivity index (χ3v) is 3.44. The lowest BCUT2D eigenvalue weighted by atomic mass is 10.0. The minimum Gasteiger partial charge on any atom is -0.493 e. The van der Waals surface area contributed by atoms with E-state index in [0.29, 0.717) is 13.0 Å². The van der Waals surface area contributed by atoms with Gasteiger partial charge in [0.05, 0.1) is 12.6 Å². The van der Waals surface area contributed by atoms with Gasteiger partial charge in [0, 0.05) is 24.2 Å². The molecule has 0 saturated heterocycles. The van der Waals surface area contributed by atoms with Gasteiger partial charge in [-0.3, -0.25) is 4.79 Å². The molecule has 92 valence electrons. The highest BCUT2D eigenvalue weighted by Gasteiger charge is 2.22. The Morgan fingerprint density at radius 2 is 2.35 bits per heavy atom. The number of amides is 1. The fourth-order valence-corrected chi connectivity index (χ4v) is 2.34. The molecule has 0 radical (unpaired) electrons. The minimum absolute atomic E-state index is 0.106. The molecule has 1 aromatic rings. The second-order valence-electron chi connectivity index (χ2n) is 4.04. The Labute approximate surface area is 106 Å². The molecule has 0 saturated carbocycles. The van der Waals surface area contributed by atoms with Crippen molar-refractivity contribution < 1.29 is 9.53 Å². The van der Waals surface area contributed by atoms with Gasteiger partial charge in [-0.15, -0.1) is 0 Å². The first-order valence-electron chi connectivity index (χ1n) is 5.81. The van der Waals surface area contributed by atoms with Gasteiger partial charge in [-0.25, -0.2) is 0 Å². The largest absolute Gasteiger partial charge is 0.493 e. The molecule has 1 aliphatic rings. The van der Waals surface area contributed by atoms with Crippen molar-refractivity contribution in [2.45, 2.75) is 18.9 Å². The van der Waals surface area contributed by atoms with Crippen molar-refractivity contribution in [3.05, 3.63) is 29.8 Å². The maximum absolute atomic E-state index is 11.7. The maximum Gasteiger partial charge on any atom is 0.221 e. The molecule has 17 heavy (non-hydrogen) atoms. The summed E-state index contributed by atoms with van der Waals surface area (Å²) < 4.78 is 5.56. The molecule has 1 heterocycles. The summed E-state index contributed by atoms with van der Waals surface area (Å²) in [5, 5.41) is 3.08. The van der Waals surface area contributed by atoms with Crippen LogP contribution in [0.2, 0.25) is 0 Å². The lowest BCUT2D eigenvalue weighted by Crippen LogP contribution is -2.32. The van der Waals surface area contributed by atoms with E-state index in [1.165, 1.54) is 0 Å². The van der Waals surface area contributed by atoms with E-state index in [0.717, 1.165) is 23.5 Å². The minimum atomic E-state index is 0.106. The highest BCUT2D eigenvalue weighted by Crippen LogP contribution is 2.31. The van der Waals surface area contributed by atoms with Crippen LogP contribution in [-0.4, -0.2) is 24.5 Å². The second kappa shape index (κ2) is 5.96. The monoisotopic (exact) mass is 251 g/mol. The maximum atomic E-state index is 11.7. The standard InChI is InChI=1S/C13H17NO2S/c1-17-9-7-13(15)14-11-6-8-16-12-5-3-2-4-10(11)12/h2-5,11H,6-9H2,1H3,(H,14,15)/t11-/m1/s1. The number of thioether (sulfide) groups is 1. The van der Waals surface area contributed by atoms with Crippen molar-refractivity contribution in [1.29, 1.82) is 0 Å². The molecule has 0 spiro atoms. The fourth-order valence-electron chi connectivity index (χ4n) is 1.95. The van der Waals surface area contributed by atoms with Crippen molar-refractivity contribution in [2.75, 3.05) is 18.6 Å². The molecule has 0 aliphatic carbocycles. The van der Waals surface area contributed by atoms with E-state index in [4.69, 9.17) is 4.74 Å². The van der Waals surface area contributed by atoms with Gasteiger partial charge in [-0.2, -0.15) is 11.8 Å². The van der Waals surface area contributed by atoms with Crippen LogP contribution in [0.3, 0.4) is 0 Å². The van der Waals surface area contributed by atoms with Gasteiger partial charge in [0.25, 0.3) is 0 Å². The topological polar surface area (TPSA) is 38.3 Å². The van der Waals surface area contributed by atoms with Crippen LogP contribution in [0.25, 0.3) is 0 Å². The number of fused-ring (bicyclic) bond motifs is 1. The van der Waals surface area contributed by atoms with Crippen LogP contribution in [-0.2, 0) is 4.79 Å². The average molecular weight is 251 g/mol. The molecule has 1 atom stereocenters. The molecule has 0 unspecified atom stereocenters. The van der Waals surface area contributed by atoms with Crippen LogP contribution in [0.5, 0.6) is 5.75 Å². The SMILES string of the molecule is CSCCC(=O)N[C@@H]1CCOc2ccccc21. The van der Waals surface area contributed by atoms with E-state index in [1.54, 1.807) is 11.8 Å². The Morgan fingerprint density at radius 3 is 3.18 bits per heavy atom. The molecule has 1 amide bonds. The smallest absolute Gasteiger partial charge is 0.221 e. The van der Waals surface area contributed by atoms with Gasteiger partial charge in [-0.05, 0) is 12.3 Å². The first kappa shape index (κ1) is 12.3. The van der Waals surface area contributed by atoms with E-state index in [1.807, 2.05) is 30.5 Å². The second-order valence-corrected chi connectivity index (χ2v) is 5.02. The zero-order chi connectivity index (χ0) is 12.1. The molecule has 1 aromatic carbocycles. The highest BCUT2D eigenvalue weighted by atomic mass is 32.2. The number of benzene rings is 1. The first-order chi connectivity index (χ1) is 8.31. The molecule has 3 nitrogen and oxygen atoms in total. The van der Waals surface area contributed by atoms with Crippen molar-refractivity contribution in [2.24, 2.45) is 0 Å². The van der Waals surface area contributed by atoms with Crippen molar-refractivity contribution in [3.63, 3.8) is 0 Å². The molecule has 4 heteroatoms. The lowest BCUT2D eigenvalue weighted by molar-refractivity contribution is -0.121. The zero-order valence-electron chi connectivity index (χ0n) is 9.94. The number of hydrogen-bond acceptors (Lipinski definition) is 3. The summed E-state index contributed by atoms with van der Waals surface area (Å²) in [7, 11) is 0. The summed E-state index contributed by atoms with van der Waals surface area (Å²) >= 11 is 1.69. The summed E-state index contributed by atoms with van der Waals surface area (Å²) in [6.45, 7) is 0.671. The molecule has 0 bridgehead atoms. The number of nitrogens with one attached hydrogen (secondary N) is 1. The summed E-state index contributed by atoms with van der Waals surface area (Å²) in [4.78, 5) is 11.7. The number of rotatable bonds is 4. The van der Waals surface area contributed by atoms with Crippen LogP contribution in [0.15, 0.2) is 24.3 Å². The van der Waals surface area contributed by atoms with E-state index in [2.05, 4.69) is 5.32 Å². The van der Waals surface area contributed by atoms with E-state index in [-0.39, 0.29) is 11.9 Å². The quantitative estimate of drug-likeness (QED) is 0.893. The predicted octanol–water partition coefficient (Wildman–Crippen LogP) is 2.38. The van der Waals surface area contributed by atoms with Crippen molar-refractivity contribution >= 4 is 17.7 Å². The van der Waals surface area contributed by atoms with E-state index in [9.17, 15) is 4.79 Å². The van der Waals surface area contributed by atoms with Gasteiger partial charge < -0.3 is 10.1 Å². The van der Waals surface area contributed by atoms with Gasteiger partial charge in [0.2, 0.25) is 5.91 Å². The molecule has 1 aliphatic heterocycles. The van der Waals surface area contributed by atoms with Crippen LogP contribution in [0.4, 0.5) is 0 Å². The predicted molar refractivity (Wildman–Crippen MR) is 70.4 cm³/mol. The summed E-state index contributed by atoms with van der Waals surface area (Å²) in [6, 6.07) is 8.02. The van der Waals surface area contributed by atoms with Gasteiger partial charge in [0.1, 0.15) is 5.75 Å². The Bertz CT molecular complexity index is 395. The van der Waals surface area contributed by atoms with Gasteiger partial charge >= 0.3 is 0 Å². The summed E-state index contributed by atoms with van der Waals surface area (Å²) in [5.74, 6) is 1.89. The number of para-hydroxylation sites is 1. The lowest BCUT2D eigenvalue weighted by Gasteiger charge is -2.26. The van der Waals surface area contributed by atoms with Crippen LogP contribution < -0.4 is 10.1 Å². The fraction of sp³-hybridized carbons (Fsp3) is 0.462. The molecule has 1 N–H and O–H groups in total. The average Bonchev–Trinajstić information content (AvgIpc) is 2.37. The molecular formula is C13H17NO2S. The normalized spacial score (nSPS) is 18.1. The number of carbonyl (C=O) groups excluding carboxylic acids is 1. The zero-order valence-corrected chi connectivity index (χ0v) is 10.8. The van der Waals surface area contributed by atoms with Gasteiger partial charge in [-0.1, -0.05) is 18.2 Å². The molecular weight excluding hydrogens is 234 g/mol. The van der Waals surface area contributed by atoms with Crippen LogP contribution in [0.1, 0.15) is 24.4 Å². The van der Waals surface area contributed by atoms with E-state index >= 15 is 0 Å².